The molecule has 1 fully saturated rings. The van der Waals surface area contributed by atoms with Crippen molar-refractivity contribution in [1.82, 2.24) is 9.88 Å². The van der Waals surface area contributed by atoms with Crippen LogP contribution in [0.1, 0.15) is 38.3 Å². The number of aromatic nitrogens is 1. The third-order valence-electron chi connectivity index (χ3n) is 4.26. The lowest BCUT2D eigenvalue weighted by molar-refractivity contribution is -0.119. The molecule has 1 aliphatic carbocycles. The molecule has 19 heavy (non-hydrogen) atoms. The number of nitrogens with zero attached hydrogens (tertiary/aromatic N) is 2. The second-order valence-electron chi connectivity index (χ2n) is 6.16. The number of carbonyl (C=O) groups excluding carboxylic acids is 1. The van der Waals surface area contributed by atoms with E-state index in [9.17, 15) is 4.79 Å². The van der Waals surface area contributed by atoms with Crippen molar-refractivity contribution in [2.45, 2.75) is 39.2 Å². The fourth-order valence-corrected chi connectivity index (χ4v) is 3.01. The summed E-state index contributed by atoms with van der Waals surface area (Å²) in [7, 11) is 2.08. The van der Waals surface area contributed by atoms with Gasteiger partial charge in [0.25, 0.3) is 0 Å². The minimum Gasteiger partial charge on any atom is -0.303 e. The molecule has 0 unspecified atom stereocenters. The number of hydrogen-bond donors (Lipinski definition) is 0. The summed E-state index contributed by atoms with van der Waals surface area (Å²) in [5.41, 5.74) is 0.936. The normalized spacial score (nSPS) is 27.4. The first kappa shape index (κ1) is 14.2. The van der Waals surface area contributed by atoms with Gasteiger partial charge in [-0.2, -0.15) is 0 Å². The molecular weight excluding hydrogens is 236 g/mol. The lowest BCUT2D eigenvalue weighted by Crippen LogP contribution is -2.39. The molecule has 3 nitrogen and oxygen atoms in total. The molecule has 1 aliphatic rings. The molecule has 1 aromatic heterocycles. The van der Waals surface area contributed by atoms with Crippen LogP contribution >= 0.6 is 0 Å². The Morgan fingerprint density at radius 3 is 2.74 bits per heavy atom. The van der Waals surface area contributed by atoms with Crippen molar-refractivity contribution >= 4 is 6.29 Å². The van der Waals surface area contributed by atoms with E-state index in [2.05, 4.69) is 23.9 Å². The molecule has 2 rings (SSSR count). The van der Waals surface area contributed by atoms with Gasteiger partial charge in [-0.3, -0.25) is 9.88 Å². The highest BCUT2D eigenvalue weighted by atomic mass is 16.1. The minimum absolute atomic E-state index is 0.129. The van der Waals surface area contributed by atoms with Crippen LogP contribution in [-0.4, -0.2) is 29.8 Å². The van der Waals surface area contributed by atoms with Crippen LogP contribution < -0.4 is 0 Å². The van der Waals surface area contributed by atoms with Gasteiger partial charge in [-0.25, -0.2) is 0 Å². The summed E-state index contributed by atoms with van der Waals surface area (Å²) in [6.07, 6.45) is 7.44. The third-order valence-corrected chi connectivity index (χ3v) is 4.26. The summed E-state index contributed by atoms with van der Waals surface area (Å²) in [5.74, 6) is 0.772. The Morgan fingerprint density at radius 1 is 1.42 bits per heavy atom. The van der Waals surface area contributed by atoms with Gasteiger partial charge >= 0.3 is 0 Å². The molecule has 0 saturated heterocycles. The molecule has 1 aromatic rings. The van der Waals surface area contributed by atoms with E-state index in [4.69, 9.17) is 0 Å². The number of hydrogen-bond acceptors (Lipinski definition) is 3. The van der Waals surface area contributed by atoms with Crippen molar-refractivity contribution in [2.24, 2.45) is 11.3 Å². The maximum atomic E-state index is 11.5. The molecule has 0 atom stereocenters. The van der Waals surface area contributed by atoms with Crippen LogP contribution in [0, 0.1) is 11.3 Å². The van der Waals surface area contributed by atoms with Crippen molar-refractivity contribution in [3.05, 3.63) is 30.1 Å². The molecule has 1 saturated carbocycles. The predicted octanol–water partition coefficient (Wildman–Crippen LogP) is 2.91. The third kappa shape index (κ3) is 3.87. The zero-order valence-corrected chi connectivity index (χ0v) is 12.0. The molecule has 0 radical (unpaired) electrons. The summed E-state index contributed by atoms with van der Waals surface area (Å²) < 4.78 is 0. The molecule has 3 heteroatoms. The zero-order valence-electron chi connectivity index (χ0n) is 12.0. The lowest BCUT2D eigenvalue weighted by atomic mass is 9.71. The number of aldehydes is 1. The molecule has 0 bridgehead atoms. The maximum absolute atomic E-state index is 11.5. The van der Waals surface area contributed by atoms with Crippen molar-refractivity contribution in [1.29, 1.82) is 0 Å². The minimum atomic E-state index is -0.129. The zero-order chi connectivity index (χ0) is 13.7. The highest BCUT2D eigenvalue weighted by Crippen LogP contribution is 2.37. The van der Waals surface area contributed by atoms with Crippen LogP contribution in [0.2, 0.25) is 0 Å². The second-order valence-corrected chi connectivity index (χ2v) is 6.16. The van der Waals surface area contributed by atoms with Crippen LogP contribution in [-0.2, 0) is 11.3 Å². The number of rotatable bonds is 5. The van der Waals surface area contributed by atoms with E-state index in [0.29, 0.717) is 0 Å². The first-order valence-electron chi connectivity index (χ1n) is 7.18. The summed E-state index contributed by atoms with van der Waals surface area (Å²) in [5, 5.41) is 0. The smallest absolute Gasteiger partial charge is 0.127 e. The van der Waals surface area contributed by atoms with Crippen molar-refractivity contribution < 1.29 is 4.79 Å². The average Bonchev–Trinajstić information content (AvgIpc) is 2.43. The Kier molecular flexibility index (Phi) is 4.70. The second kappa shape index (κ2) is 6.29. The van der Waals surface area contributed by atoms with Crippen LogP contribution in [0.15, 0.2) is 24.4 Å². The average molecular weight is 260 g/mol. The van der Waals surface area contributed by atoms with Gasteiger partial charge in [0.05, 0.1) is 5.69 Å². The van der Waals surface area contributed by atoms with E-state index in [0.717, 1.165) is 37.5 Å². The Labute approximate surface area is 116 Å². The van der Waals surface area contributed by atoms with Gasteiger partial charge in [0.15, 0.2) is 0 Å². The fourth-order valence-electron chi connectivity index (χ4n) is 3.01. The van der Waals surface area contributed by atoms with Crippen LogP contribution in [0.25, 0.3) is 0 Å². The Morgan fingerprint density at radius 2 is 2.16 bits per heavy atom. The van der Waals surface area contributed by atoms with E-state index in [1.165, 1.54) is 19.1 Å². The molecular formula is C16H24N2O. The van der Waals surface area contributed by atoms with Crippen molar-refractivity contribution in [3.8, 4) is 0 Å². The van der Waals surface area contributed by atoms with Crippen LogP contribution in [0.4, 0.5) is 0 Å². The van der Waals surface area contributed by atoms with Crippen LogP contribution in [0.5, 0.6) is 0 Å². The number of carbonyl (C=O) groups is 1. The first-order chi connectivity index (χ1) is 9.13. The van der Waals surface area contributed by atoms with Gasteiger partial charge in [0.2, 0.25) is 0 Å². The van der Waals surface area contributed by atoms with Gasteiger partial charge in [-0.1, -0.05) is 13.0 Å². The standard InChI is InChI=1S/C16H24N2O/c1-14-6-8-16(13-19,9-7-14)12-18(2)11-15-5-3-4-10-17-15/h3-5,10,13-14H,6-9,11-12H2,1-2H3. The Hall–Kier alpha value is -1.22. The van der Waals surface area contributed by atoms with E-state index in [1.54, 1.807) is 0 Å². The van der Waals surface area contributed by atoms with E-state index < -0.39 is 0 Å². The van der Waals surface area contributed by atoms with Crippen LogP contribution in [0.3, 0.4) is 0 Å². The highest BCUT2D eigenvalue weighted by molar-refractivity contribution is 5.60. The molecule has 0 spiro atoms. The van der Waals surface area contributed by atoms with Gasteiger partial charge in [-0.05, 0) is 50.8 Å². The quantitative estimate of drug-likeness (QED) is 0.763. The van der Waals surface area contributed by atoms with E-state index >= 15 is 0 Å². The monoisotopic (exact) mass is 260 g/mol. The largest absolute Gasteiger partial charge is 0.303 e. The first-order valence-corrected chi connectivity index (χ1v) is 7.18. The Balaban J connectivity index is 1.93. The molecule has 0 aromatic carbocycles. The SMILES string of the molecule is CC1CCC(C=O)(CN(C)Cc2ccccn2)CC1. The van der Waals surface area contributed by atoms with Crippen molar-refractivity contribution in [3.63, 3.8) is 0 Å². The number of pyridine rings is 1. The molecule has 0 N–H and O–H groups in total. The summed E-state index contributed by atoms with van der Waals surface area (Å²) in [6.45, 7) is 3.94. The summed E-state index contributed by atoms with van der Waals surface area (Å²) in [6, 6.07) is 5.97. The Bertz CT molecular complexity index is 396. The van der Waals surface area contributed by atoms with Gasteiger partial charge in [0, 0.05) is 24.7 Å². The molecule has 1 heterocycles. The van der Waals surface area contributed by atoms with Gasteiger partial charge in [0.1, 0.15) is 6.29 Å². The fraction of sp³-hybridized carbons (Fsp3) is 0.625. The topological polar surface area (TPSA) is 33.2 Å². The maximum Gasteiger partial charge on any atom is 0.127 e. The van der Waals surface area contributed by atoms with Gasteiger partial charge < -0.3 is 4.79 Å². The molecule has 0 amide bonds. The molecule has 0 aliphatic heterocycles. The van der Waals surface area contributed by atoms with E-state index in [1.807, 2.05) is 24.4 Å². The van der Waals surface area contributed by atoms with Crippen molar-refractivity contribution in [2.75, 3.05) is 13.6 Å². The van der Waals surface area contributed by atoms with E-state index in [-0.39, 0.29) is 5.41 Å². The predicted molar refractivity (Wildman–Crippen MR) is 76.7 cm³/mol. The lowest BCUT2D eigenvalue weighted by Gasteiger charge is -2.37. The summed E-state index contributed by atoms with van der Waals surface area (Å²) in [4.78, 5) is 18.1. The highest BCUT2D eigenvalue weighted by Gasteiger charge is 2.34. The summed E-state index contributed by atoms with van der Waals surface area (Å²) >= 11 is 0. The molecule has 104 valence electrons. The van der Waals surface area contributed by atoms with Gasteiger partial charge in [-0.15, -0.1) is 0 Å².